The van der Waals surface area contributed by atoms with E-state index in [0.29, 0.717) is 11.7 Å². The van der Waals surface area contributed by atoms with E-state index in [1.165, 1.54) is 5.39 Å². The van der Waals surface area contributed by atoms with Gasteiger partial charge in [-0.05, 0) is 59.3 Å². The molecule has 5 heteroatoms. The quantitative estimate of drug-likeness (QED) is 0.425. The number of ether oxygens (including phenoxy) is 1. The first kappa shape index (κ1) is 16.3. The van der Waals surface area contributed by atoms with E-state index < -0.39 is 0 Å². The number of fused-ring (bicyclic) bond motifs is 1. The Kier molecular flexibility index (Phi) is 4.10. The molecule has 0 atom stereocenters. The fourth-order valence-corrected chi connectivity index (χ4v) is 3.12. The van der Waals surface area contributed by atoms with Crippen molar-refractivity contribution in [3.63, 3.8) is 0 Å². The maximum atomic E-state index is 5.82. The first-order valence-corrected chi connectivity index (χ1v) is 9.03. The molecule has 0 radical (unpaired) electrons. The van der Waals surface area contributed by atoms with Crippen LogP contribution in [0.3, 0.4) is 0 Å². The van der Waals surface area contributed by atoms with Gasteiger partial charge in [-0.25, -0.2) is 0 Å². The molecule has 0 aliphatic carbocycles. The van der Waals surface area contributed by atoms with Gasteiger partial charge in [0.15, 0.2) is 6.61 Å². The minimum absolute atomic E-state index is 0.229. The summed E-state index contributed by atoms with van der Waals surface area (Å²) >= 11 is 0. The Morgan fingerprint density at radius 2 is 1.61 bits per heavy atom. The van der Waals surface area contributed by atoms with E-state index in [0.717, 1.165) is 22.4 Å². The zero-order valence-corrected chi connectivity index (χ0v) is 15.0. The molecular weight excluding hydrogens is 350 g/mol. The fraction of sp³-hybridized carbons (Fsp3) is 0.0435. The van der Waals surface area contributed by atoms with Crippen molar-refractivity contribution in [1.29, 1.82) is 0 Å². The molecule has 0 fully saturated rings. The molecule has 136 valence electrons. The van der Waals surface area contributed by atoms with Gasteiger partial charge >= 0.3 is 0 Å². The Balaban J connectivity index is 1.29. The second-order valence-electron chi connectivity index (χ2n) is 6.45. The van der Waals surface area contributed by atoms with Crippen LogP contribution >= 0.6 is 0 Å². The molecule has 0 N–H and O–H groups in total. The van der Waals surface area contributed by atoms with E-state index in [2.05, 4.69) is 22.3 Å². The molecule has 2 aromatic heterocycles. The largest absolute Gasteiger partial charge is 0.484 e. The predicted octanol–water partition coefficient (Wildman–Crippen LogP) is 5.26. The minimum atomic E-state index is 0.229. The number of hydrogen-bond donors (Lipinski definition) is 0. The van der Waals surface area contributed by atoms with Crippen molar-refractivity contribution in [3.8, 4) is 22.8 Å². The topological polar surface area (TPSA) is 53.1 Å². The van der Waals surface area contributed by atoms with Crippen LogP contribution in [0.15, 0.2) is 95.8 Å². The summed E-state index contributed by atoms with van der Waals surface area (Å²) < 4.78 is 13.2. The maximum Gasteiger partial charge on any atom is 0.264 e. The van der Waals surface area contributed by atoms with E-state index in [-0.39, 0.29) is 6.61 Å². The molecule has 0 aliphatic heterocycles. The van der Waals surface area contributed by atoms with Crippen LogP contribution in [0, 0.1) is 0 Å². The van der Waals surface area contributed by atoms with Crippen molar-refractivity contribution in [3.05, 3.63) is 97.1 Å². The van der Waals surface area contributed by atoms with Crippen molar-refractivity contribution in [2.75, 3.05) is 0 Å². The van der Waals surface area contributed by atoms with Crippen LogP contribution in [0.5, 0.6) is 5.75 Å². The minimum Gasteiger partial charge on any atom is -0.484 e. The number of aromatic nitrogens is 3. The van der Waals surface area contributed by atoms with Gasteiger partial charge in [0, 0.05) is 23.6 Å². The van der Waals surface area contributed by atoms with Gasteiger partial charge in [0.2, 0.25) is 5.82 Å². The summed E-state index contributed by atoms with van der Waals surface area (Å²) in [4.78, 5) is 4.44. The Hall–Kier alpha value is -3.86. The summed E-state index contributed by atoms with van der Waals surface area (Å²) in [6.45, 7) is 0.229. The third-order valence-corrected chi connectivity index (χ3v) is 4.58. The highest BCUT2D eigenvalue weighted by Crippen LogP contribution is 2.22. The molecule has 5 rings (SSSR count). The molecule has 5 aromatic rings. The summed E-state index contributed by atoms with van der Waals surface area (Å²) in [7, 11) is 0. The molecule has 0 unspecified atom stereocenters. The number of nitrogens with zero attached hydrogens (tertiary/aromatic N) is 3. The van der Waals surface area contributed by atoms with Crippen molar-refractivity contribution in [2.45, 2.75) is 6.61 Å². The zero-order chi connectivity index (χ0) is 18.8. The summed E-state index contributed by atoms with van der Waals surface area (Å²) in [5.41, 5.74) is 1.98. The number of benzene rings is 3. The van der Waals surface area contributed by atoms with Crippen LogP contribution in [0.2, 0.25) is 0 Å². The van der Waals surface area contributed by atoms with E-state index in [1.807, 2.05) is 83.7 Å². The van der Waals surface area contributed by atoms with Crippen LogP contribution in [0.1, 0.15) is 5.89 Å². The highest BCUT2D eigenvalue weighted by molar-refractivity contribution is 5.83. The van der Waals surface area contributed by atoms with Gasteiger partial charge < -0.3 is 13.8 Å². The van der Waals surface area contributed by atoms with Gasteiger partial charge in [0.05, 0.1) is 0 Å². The average Bonchev–Trinajstić information content (AvgIpc) is 3.45. The molecule has 5 nitrogen and oxygen atoms in total. The zero-order valence-electron chi connectivity index (χ0n) is 15.0. The summed E-state index contributed by atoms with van der Waals surface area (Å²) in [6.07, 6.45) is 4.01. The fourth-order valence-electron chi connectivity index (χ4n) is 3.12. The Morgan fingerprint density at radius 3 is 2.43 bits per heavy atom. The summed E-state index contributed by atoms with van der Waals surface area (Å²) in [6, 6.07) is 26.2. The lowest BCUT2D eigenvalue weighted by Crippen LogP contribution is -1.95. The lowest BCUT2D eigenvalue weighted by atomic mass is 10.1. The molecule has 2 heterocycles. The normalized spacial score (nSPS) is 11.0. The van der Waals surface area contributed by atoms with Gasteiger partial charge in [-0.2, -0.15) is 4.98 Å². The SMILES string of the molecule is c1ccc2cc(OCc3nc(-c4ccc(-n5cccc5)cc4)no3)ccc2c1. The van der Waals surface area contributed by atoms with Crippen LogP contribution in [-0.2, 0) is 6.61 Å². The number of hydrogen-bond acceptors (Lipinski definition) is 4. The highest BCUT2D eigenvalue weighted by Gasteiger charge is 2.10. The molecule has 0 saturated carbocycles. The average molecular weight is 367 g/mol. The third-order valence-electron chi connectivity index (χ3n) is 4.58. The van der Waals surface area contributed by atoms with Gasteiger partial charge in [-0.3, -0.25) is 0 Å². The number of rotatable bonds is 5. The second kappa shape index (κ2) is 7.04. The first-order chi connectivity index (χ1) is 13.8. The molecule has 3 aromatic carbocycles. The van der Waals surface area contributed by atoms with Gasteiger partial charge in [-0.1, -0.05) is 35.5 Å². The van der Waals surface area contributed by atoms with Crippen molar-refractivity contribution < 1.29 is 9.26 Å². The predicted molar refractivity (Wildman–Crippen MR) is 107 cm³/mol. The highest BCUT2D eigenvalue weighted by atomic mass is 16.5. The molecule has 0 aliphatic rings. The Labute approximate surface area is 161 Å². The van der Waals surface area contributed by atoms with E-state index in [9.17, 15) is 0 Å². The summed E-state index contributed by atoms with van der Waals surface area (Å²) in [5, 5.41) is 6.38. The van der Waals surface area contributed by atoms with E-state index in [4.69, 9.17) is 9.26 Å². The standard InChI is InChI=1S/C23H17N3O2/c1-2-6-19-15-21(12-9-17(19)5-1)27-16-22-24-23(25-28-22)18-7-10-20(11-8-18)26-13-3-4-14-26/h1-15H,16H2. The smallest absolute Gasteiger partial charge is 0.264 e. The molecular formula is C23H17N3O2. The van der Waals surface area contributed by atoms with Gasteiger partial charge in [0.1, 0.15) is 5.75 Å². The van der Waals surface area contributed by atoms with Gasteiger partial charge in [0.25, 0.3) is 5.89 Å². The summed E-state index contributed by atoms with van der Waals surface area (Å²) in [5.74, 6) is 1.77. The maximum absolute atomic E-state index is 5.82. The van der Waals surface area contributed by atoms with Crippen LogP contribution in [0.25, 0.3) is 27.8 Å². The second-order valence-corrected chi connectivity index (χ2v) is 6.45. The van der Waals surface area contributed by atoms with Crippen molar-refractivity contribution >= 4 is 10.8 Å². The Morgan fingerprint density at radius 1 is 0.821 bits per heavy atom. The molecule has 0 amide bonds. The Bertz CT molecular complexity index is 1210. The molecule has 28 heavy (non-hydrogen) atoms. The van der Waals surface area contributed by atoms with Crippen LogP contribution in [0.4, 0.5) is 0 Å². The van der Waals surface area contributed by atoms with E-state index >= 15 is 0 Å². The van der Waals surface area contributed by atoms with E-state index in [1.54, 1.807) is 0 Å². The van der Waals surface area contributed by atoms with Crippen molar-refractivity contribution in [1.82, 2.24) is 14.7 Å². The monoisotopic (exact) mass is 367 g/mol. The van der Waals surface area contributed by atoms with Crippen molar-refractivity contribution in [2.24, 2.45) is 0 Å². The molecule has 0 bridgehead atoms. The first-order valence-electron chi connectivity index (χ1n) is 9.03. The third kappa shape index (κ3) is 3.25. The van der Waals surface area contributed by atoms with Crippen LogP contribution < -0.4 is 4.74 Å². The van der Waals surface area contributed by atoms with Gasteiger partial charge in [-0.15, -0.1) is 0 Å². The molecule has 0 spiro atoms. The lowest BCUT2D eigenvalue weighted by Gasteiger charge is -2.04. The van der Waals surface area contributed by atoms with Crippen LogP contribution in [-0.4, -0.2) is 14.7 Å². The molecule has 0 saturated heterocycles. The lowest BCUT2D eigenvalue weighted by molar-refractivity contribution is 0.243.